The van der Waals surface area contributed by atoms with Crippen molar-refractivity contribution in [3.63, 3.8) is 0 Å². The average molecular weight is 341 g/mol. The number of hydrogen-bond donors (Lipinski definition) is 2. The van der Waals surface area contributed by atoms with Crippen molar-refractivity contribution in [1.29, 1.82) is 0 Å². The summed E-state index contributed by atoms with van der Waals surface area (Å²) in [6, 6.07) is 7.02. The van der Waals surface area contributed by atoms with Gasteiger partial charge in [-0.25, -0.2) is 0 Å². The molecule has 1 heterocycles. The van der Waals surface area contributed by atoms with Gasteiger partial charge in [0.25, 0.3) is 0 Å². The summed E-state index contributed by atoms with van der Waals surface area (Å²) in [5, 5.41) is 12.5. The summed E-state index contributed by atoms with van der Waals surface area (Å²) in [6.45, 7) is 7.76. The molecule has 1 aliphatic heterocycles. The second-order valence-electron chi connectivity index (χ2n) is 5.60. The van der Waals surface area contributed by atoms with Gasteiger partial charge < -0.3 is 15.3 Å². The fourth-order valence-corrected chi connectivity index (χ4v) is 3.68. The molecule has 2 atom stereocenters. The first-order chi connectivity index (χ1) is 9.65. The van der Waals surface area contributed by atoms with Gasteiger partial charge in [-0.05, 0) is 49.9 Å². The SMILES string of the molecule is CCNC(C)c1ccc(N2CCC(CCO)C2)cc1Br. The maximum Gasteiger partial charge on any atom is 0.0434 e. The molecular weight excluding hydrogens is 316 g/mol. The molecule has 0 radical (unpaired) electrons. The quantitative estimate of drug-likeness (QED) is 0.833. The molecule has 1 aliphatic rings. The Morgan fingerprint density at radius 2 is 2.30 bits per heavy atom. The van der Waals surface area contributed by atoms with E-state index in [9.17, 15) is 0 Å². The van der Waals surface area contributed by atoms with Crippen LogP contribution in [0.5, 0.6) is 0 Å². The van der Waals surface area contributed by atoms with Crippen LogP contribution in [0.25, 0.3) is 0 Å². The smallest absolute Gasteiger partial charge is 0.0434 e. The lowest BCUT2D eigenvalue weighted by Gasteiger charge is -2.21. The summed E-state index contributed by atoms with van der Waals surface area (Å²) < 4.78 is 1.18. The van der Waals surface area contributed by atoms with Crippen molar-refractivity contribution in [2.75, 3.05) is 31.1 Å². The van der Waals surface area contributed by atoms with Crippen molar-refractivity contribution >= 4 is 21.6 Å². The van der Waals surface area contributed by atoms with Gasteiger partial charge in [0.1, 0.15) is 0 Å². The van der Waals surface area contributed by atoms with E-state index in [0.29, 0.717) is 18.6 Å². The maximum absolute atomic E-state index is 9.04. The van der Waals surface area contributed by atoms with Crippen molar-refractivity contribution in [2.45, 2.75) is 32.7 Å². The normalized spacial score (nSPS) is 20.4. The number of rotatable bonds is 6. The van der Waals surface area contributed by atoms with Crippen molar-refractivity contribution in [3.05, 3.63) is 28.2 Å². The Labute approximate surface area is 130 Å². The Hall–Kier alpha value is -0.580. The molecule has 0 aliphatic carbocycles. The summed E-state index contributed by atoms with van der Waals surface area (Å²) in [5.41, 5.74) is 2.59. The van der Waals surface area contributed by atoms with Gasteiger partial charge >= 0.3 is 0 Å². The molecule has 112 valence electrons. The first kappa shape index (κ1) is 15.8. The predicted octanol–water partition coefficient (Wildman–Crippen LogP) is 3.33. The number of nitrogens with zero attached hydrogens (tertiary/aromatic N) is 1. The average Bonchev–Trinajstić information content (AvgIpc) is 2.88. The Bertz CT molecular complexity index is 438. The fourth-order valence-electron chi connectivity index (χ4n) is 2.97. The first-order valence-electron chi connectivity index (χ1n) is 7.54. The lowest BCUT2D eigenvalue weighted by Crippen LogP contribution is -2.21. The third-order valence-electron chi connectivity index (χ3n) is 4.15. The molecule has 1 aromatic rings. The Kier molecular flexibility index (Phi) is 5.87. The van der Waals surface area contributed by atoms with Gasteiger partial charge in [-0.2, -0.15) is 0 Å². The third-order valence-corrected chi connectivity index (χ3v) is 4.84. The number of hydrogen-bond acceptors (Lipinski definition) is 3. The highest BCUT2D eigenvalue weighted by Gasteiger charge is 2.22. The first-order valence-corrected chi connectivity index (χ1v) is 8.33. The van der Waals surface area contributed by atoms with Gasteiger partial charge in [0, 0.05) is 35.9 Å². The van der Waals surface area contributed by atoms with E-state index in [0.717, 1.165) is 26.1 Å². The van der Waals surface area contributed by atoms with Crippen LogP contribution in [0, 0.1) is 5.92 Å². The van der Waals surface area contributed by atoms with E-state index >= 15 is 0 Å². The van der Waals surface area contributed by atoms with Gasteiger partial charge in [0.2, 0.25) is 0 Å². The molecule has 1 aromatic carbocycles. The molecule has 4 heteroatoms. The van der Waals surface area contributed by atoms with Crippen LogP contribution in [0.1, 0.15) is 38.3 Å². The number of aliphatic hydroxyl groups is 1. The minimum atomic E-state index is 0.307. The molecule has 0 bridgehead atoms. The van der Waals surface area contributed by atoms with E-state index in [1.54, 1.807) is 0 Å². The molecule has 0 saturated carbocycles. The highest BCUT2D eigenvalue weighted by Crippen LogP contribution is 2.31. The minimum absolute atomic E-state index is 0.307. The van der Waals surface area contributed by atoms with Crippen molar-refractivity contribution in [3.8, 4) is 0 Å². The molecule has 3 nitrogen and oxygen atoms in total. The molecule has 1 saturated heterocycles. The summed E-state index contributed by atoms with van der Waals surface area (Å²) in [5.74, 6) is 0.638. The molecule has 20 heavy (non-hydrogen) atoms. The number of benzene rings is 1. The lowest BCUT2D eigenvalue weighted by molar-refractivity contribution is 0.263. The van der Waals surface area contributed by atoms with E-state index in [2.05, 4.69) is 58.2 Å². The van der Waals surface area contributed by atoms with E-state index in [1.807, 2.05) is 0 Å². The Morgan fingerprint density at radius 1 is 1.50 bits per heavy atom. The van der Waals surface area contributed by atoms with Gasteiger partial charge in [0.15, 0.2) is 0 Å². The summed E-state index contributed by atoms with van der Waals surface area (Å²) in [7, 11) is 0. The van der Waals surface area contributed by atoms with Crippen LogP contribution in [-0.4, -0.2) is 31.3 Å². The van der Waals surface area contributed by atoms with E-state index in [1.165, 1.54) is 22.1 Å². The molecular formula is C16H25BrN2O. The minimum Gasteiger partial charge on any atom is -0.396 e. The Morgan fingerprint density at radius 3 is 2.95 bits per heavy atom. The summed E-state index contributed by atoms with van der Waals surface area (Å²) >= 11 is 3.70. The van der Waals surface area contributed by atoms with Crippen molar-refractivity contribution < 1.29 is 5.11 Å². The third kappa shape index (κ3) is 3.74. The summed E-state index contributed by atoms with van der Waals surface area (Å²) in [6.07, 6.45) is 2.11. The van der Waals surface area contributed by atoms with Crippen LogP contribution >= 0.6 is 15.9 Å². The zero-order chi connectivity index (χ0) is 14.5. The van der Waals surface area contributed by atoms with Crippen molar-refractivity contribution in [2.24, 2.45) is 5.92 Å². The zero-order valence-corrected chi connectivity index (χ0v) is 14.0. The number of halogens is 1. The molecule has 1 fully saturated rings. The van der Waals surface area contributed by atoms with Crippen LogP contribution in [0.3, 0.4) is 0 Å². The van der Waals surface area contributed by atoms with E-state index in [4.69, 9.17) is 5.11 Å². The van der Waals surface area contributed by atoms with Crippen LogP contribution in [-0.2, 0) is 0 Å². The number of nitrogens with one attached hydrogen (secondary N) is 1. The van der Waals surface area contributed by atoms with E-state index in [-0.39, 0.29) is 0 Å². The largest absolute Gasteiger partial charge is 0.396 e. The molecule has 0 amide bonds. The second-order valence-corrected chi connectivity index (χ2v) is 6.45. The highest BCUT2D eigenvalue weighted by atomic mass is 79.9. The molecule has 2 N–H and O–H groups in total. The molecule has 0 aromatic heterocycles. The topological polar surface area (TPSA) is 35.5 Å². The molecule has 2 unspecified atom stereocenters. The molecule has 2 rings (SSSR count). The highest BCUT2D eigenvalue weighted by molar-refractivity contribution is 9.10. The van der Waals surface area contributed by atoms with Crippen molar-refractivity contribution in [1.82, 2.24) is 5.32 Å². The predicted molar refractivity (Wildman–Crippen MR) is 88.3 cm³/mol. The van der Waals surface area contributed by atoms with Gasteiger partial charge in [-0.1, -0.05) is 28.9 Å². The lowest BCUT2D eigenvalue weighted by atomic mass is 10.1. The summed E-state index contributed by atoms with van der Waals surface area (Å²) in [4.78, 5) is 2.42. The van der Waals surface area contributed by atoms with Gasteiger partial charge in [-0.15, -0.1) is 0 Å². The maximum atomic E-state index is 9.04. The molecule has 0 spiro atoms. The van der Waals surface area contributed by atoms with Gasteiger partial charge in [0.05, 0.1) is 0 Å². The van der Waals surface area contributed by atoms with Crippen LogP contribution in [0.4, 0.5) is 5.69 Å². The van der Waals surface area contributed by atoms with Gasteiger partial charge in [-0.3, -0.25) is 0 Å². The van der Waals surface area contributed by atoms with E-state index < -0.39 is 0 Å². The number of aliphatic hydroxyl groups excluding tert-OH is 1. The van der Waals surface area contributed by atoms with Crippen LogP contribution in [0.15, 0.2) is 22.7 Å². The monoisotopic (exact) mass is 340 g/mol. The zero-order valence-electron chi connectivity index (χ0n) is 12.4. The number of anilines is 1. The second kappa shape index (κ2) is 7.43. The standard InChI is InChI=1S/C16H25BrN2O/c1-3-18-12(2)15-5-4-14(10-16(15)17)19-8-6-13(11-19)7-9-20/h4-5,10,12-13,18,20H,3,6-9,11H2,1-2H3. The van der Waals surface area contributed by atoms with Crippen LogP contribution < -0.4 is 10.2 Å². The Balaban J connectivity index is 2.06. The fraction of sp³-hybridized carbons (Fsp3) is 0.625. The van der Waals surface area contributed by atoms with Crippen LogP contribution in [0.2, 0.25) is 0 Å².